The molecule has 16 heavy (non-hydrogen) atoms. The first-order chi connectivity index (χ1) is 7.81. The van der Waals surface area contributed by atoms with Gasteiger partial charge in [0.15, 0.2) is 5.11 Å². The summed E-state index contributed by atoms with van der Waals surface area (Å²) in [6.45, 7) is 2.06. The molecule has 0 atom stereocenters. The third kappa shape index (κ3) is 2.28. The Kier molecular flexibility index (Phi) is 3.31. The van der Waals surface area contributed by atoms with E-state index in [1.165, 1.54) is 0 Å². The Bertz CT molecular complexity index is 476. The molecular weight excluding hydrogens is 218 g/mol. The van der Waals surface area contributed by atoms with Crippen LogP contribution in [0, 0.1) is 0 Å². The molecule has 3 nitrogen and oxygen atoms in total. The van der Waals surface area contributed by atoms with Crippen molar-refractivity contribution in [2.45, 2.75) is 13.3 Å². The highest BCUT2D eigenvalue weighted by Gasteiger charge is 2.05. The highest BCUT2D eigenvalue weighted by Crippen LogP contribution is 2.07. The number of anilines is 1. The van der Waals surface area contributed by atoms with Gasteiger partial charge in [-0.3, -0.25) is 4.57 Å². The summed E-state index contributed by atoms with van der Waals surface area (Å²) in [5.41, 5.74) is 0.989. The molecule has 0 aliphatic carbocycles. The van der Waals surface area contributed by atoms with Crippen LogP contribution in [0.15, 0.2) is 42.7 Å². The van der Waals surface area contributed by atoms with Crippen molar-refractivity contribution in [3.63, 3.8) is 0 Å². The van der Waals surface area contributed by atoms with Gasteiger partial charge < -0.3 is 5.32 Å². The van der Waals surface area contributed by atoms with Gasteiger partial charge in [0.1, 0.15) is 5.82 Å². The van der Waals surface area contributed by atoms with E-state index in [1.807, 2.05) is 41.1 Å². The summed E-state index contributed by atoms with van der Waals surface area (Å²) in [5.74, 6) is 0.966. The van der Waals surface area contributed by atoms with Gasteiger partial charge in [0.25, 0.3) is 0 Å². The number of imidazole rings is 1. The van der Waals surface area contributed by atoms with Crippen LogP contribution in [0.2, 0.25) is 0 Å². The van der Waals surface area contributed by atoms with E-state index < -0.39 is 0 Å². The van der Waals surface area contributed by atoms with E-state index in [2.05, 4.69) is 17.2 Å². The molecular formula is C12H13N3S. The van der Waals surface area contributed by atoms with Crippen LogP contribution >= 0.6 is 12.2 Å². The first-order valence-corrected chi connectivity index (χ1v) is 5.60. The average molecular weight is 231 g/mol. The normalized spacial score (nSPS) is 10.1. The van der Waals surface area contributed by atoms with E-state index in [0.29, 0.717) is 5.11 Å². The molecule has 2 rings (SSSR count). The predicted molar refractivity (Wildman–Crippen MR) is 69.7 cm³/mol. The zero-order valence-corrected chi connectivity index (χ0v) is 9.87. The molecule has 0 amide bonds. The zero-order chi connectivity index (χ0) is 11.4. The predicted octanol–water partition coefficient (Wildman–Crippen LogP) is 2.69. The lowest BCUT2D eigenvalue weighted by molar-refractivity contribution is 0.930. The fourth-order valence-corrected chi connectivity index (χ4v) is 1.77. The van der Waals surface area contributed by atoms with E-state index in [1.54, 1.807) is 6.20 Å². The van der Waals surface area contributed by atoms with Crippen LogP contribution in [-0.2, 0) is 6.42 Å². The number of nitrogens with one attached hydrogen (secondary N) is 1. The third-order valence-electron chi connectivity index (χ3n) is 2.28. The van der Waals surface area contributed by atoms with Gasteiger partial charge in [-0.05, 0) is 24.4 Å². The smallest absolute Gasteiger partial charge is 0.183 e. The standard InChI is InChI=1S/C12H13N3S/c1-2-11-13-8-9-15(11)12(16)14-10-6-4-3-5-7-10/h3-9H,2H2,1H3,(H,14,16). The maximum absolute atomic E-state index is 5.32. The van der Waals surface area contributed by atoms with E-state index in [-0.39, 0.29) is 0 Å². The molecule has 2 aromatic rings. The first-order valence-electron chi connectivity index (χ1n) is 5.20. The van der Waals surface area contributed by atoms with Crippen molar-refractivity contribution in [2.75, 3.05) is 5.32 Å². The van der Waals surface area contributed by atoms with Gasteiger partial charge in [-0.2, -0.15) is 0 Å². The number of para-hydroxylation sites is 1. The van der Waals surface area contributed by atoms with Gasteiger partial charge in [-0.1, -0.05) is 25.1 Å². The molecule has 0 saturated carbocycles. The number of aryl methyl sites for hydroxylation is 1. The minimum absolute atomic E-state index is 0.653. The molecule has 1 aromatic heterocycles. The maximum atomic E-state index is 5.32. The zero-order valence-electron chi connectivity index (χ0n) is 9.05. The highest BCUT2D eigenvalue weighted by molar-refractivity contribution is 7.80. The van der Waals surface area contributed by atoms with Crippen molar-refractivity contribution in [1.82, 2.24) is 9.55 Å². The van der Waals surface area contributed by atoms with Crippen molar-refractivity contribution < 1.29 is 0 Å². The molecule has 0 aliphatic rings. The van der Waals surface area contributed by atoms with Gasteiger partial charge in [0.2, 0.25) is 0 Å². The van der Waals surface area contributed by atoms with E-state index in [4.69, 9.17) is 12.2 Å². The topological polar surface area (TPSA) is 29.9 Å². The number of aromatic nitrogens is 2. The van der Waals surface area contributed by atoms with Gasteiger partial charge in [-0.25, -0.2) is 4.98 Å². The molecule has 1 N–H and O–H groups in total. The van der Waals surface area contributed by atoms with Gasteiger partial charge in [0, 0.05) is 24.5 Å². The Hall–Kier alpha value is -1.68. The number of thiocarbonyl (C=S) groups is 1. The summed E-state index contributed by atoms with van der Waals surface area (Å²) >= 11 is 5.32. The van der Waals surface area contributed by atoms with Crippen LogP contribution in [0.25, 0.3) is 0 Å². The Morgan fingerprint density at radius 1 is 1.38 bits per heavy atom. The van der Waals surface area contributed by atoms with E-state index >= 15 is 0 Å². The minimum atomic E-state index is 0.653. The molecule has 0 unspecified atom stereocenters. The number of rotatable bonds is 2. The number of nitrogens with zero attached hydrogens (tertiary/aromatic N) is 2. The van der Waals surface area contributed by atoms with Crippen LogP contribution in [-0.4, -0.2) is 14.7 Å². The summed E-state index contributed by atoms with van der Waals surface area (Å²) in [6.07, 6.45) is 4.50. The second kappa shape index (κ2) is 4.90. The quantitative estimate of drug-likeness (QED) is 0.806. The van der Waals surface area contributed by atoms with Crippen molar-refractivity contribution in [2.24, 2.45) is 0 Å². The molecule has 0 radical (unpaired) electrons. The van der Waals surface area contributed by atoms with Gasteiger partial charge in [0.05, 0.1) is 0 Å². The Balaban J connectivity index is 2.15. The van der Waals surface area contributed by atoms with Gasteiger partial charge >= 0.3 is 0 Å². The van der Waals surface area contributed by atoms with Crippen molar-refractivity contribution >= 4 is 23.0 Å². The average Bonchev–Trinajstić information content (AvgIpc) is 2.78. The van der Waals surface area contributed by atoms with Crippen LogP contribution in [0.3, 0.4) is 0 Å². The number of hydrogen-bond acceptors (Lipinski definition) is 2. The van der Waals surface area contributed by atoms with Crippen LogP contribution in [0.5, 0.6) is 0 Å². The number of hydrogen-bond donors (Lipinski definition) is 1. The molecule has 0 aliphatic heterocycles. The Morgan fingerprint density at radius 3 is 2.81 bits per heavy atom. The van der Waals surface area contributed by atoms with Gasteiger partial charge in [-0.15, -0.1) is 0 Å². The lowest BCUT2D eigenvalue weighted by Crippen LogP contribution is -2.20. The van der Waals surface area contributed by atoms with Crippen LogP contribution in [0.4, 0.5) is 5.69 Å². The second-order valence-electron chi connectivity index (χ2n) is 3.36. The summed E-state index contributed by atoms with van der Waals surface area (Å²) < 4.78 is 1.89. The monoisotopic (exact) mass is 231 g/mol. The fraction of sp³-hybridized carbons (Fsp3) is 0.167. The summed E-state index contributed by atoms with van der Waals surface area (Å²) in [6, 6.07) is 9.88. The van der Waals surface area contributed by atoms with Crippen LogP contribution < -0.4 is 5.32 Å². The summed E-state index contributed by atoms with van der Waals surface area (Å²) in [7, 11) is 0. The Labute approximate surface area is 100 Å². The van der Waals surface area contributed by atoms with E-state index in [9.17, 15) is 0 Å². The lowest BCUT2D eigenvalue weighted by Gasteiger charge is -2.10. The summed E-state index contributed by atoms with van der Waals surface area (Å²) in [5, 5.41) is 3.83. The fourth-order valence-electron chi connectivity index (χ4n) is 1.49. The maximum Gasteiger partial charge on any atom is 0.183 e. The van der Waals surface area contributed by atoms with Crippen molar-refractivity contribution in [3.8, 4) is 0 Å². The molecule has 0 fully saturated rings. The van der Waals surface area contributed by atoms with Crippen molar-refractivity contribution in [1.29, 1.82) is 0 Å². The lowest BCUT2D eigenvalue weighted by atomic mass is 10.3. The molecule has 0 spiro atoms. The minimum Gasteiger partial charge on any atom is -0.332 e. The molecule has 82 valence electrons. The molecule has 1 heterocycles. The molecule has 0 saturated heterocycles. The Morgan fingerprint density at radius 2 is 2.12 bits per heavy atom. The van der Waals surface area contributed by atoms with Crippen LogP contribution in [0.1, 0.15) is 12.7 Å². The largest absolute Gasteiger partial charge is 0.332 e. The molecule has 1 aromatic carbocycles. The second-order valence-corrected chi connectivity index (χ2v) is 3.75. The third-order valence-corrected chi connectivity index (χ3v) is 2.58. The first kappa shape index (κ1) is 10.8. The molecule has 4 heteroatoms. The number of benzene rings is 1. The summed E-state index contributed by atoms with van der Waals surface area (Å²) in [4.78, 5) is 4.23. The SMILES string of the molecule is CCc1nccn1C(=S)Nc1ccccc1. The van der Waals surface area contributed by atoms with E-state index in [0.717, 1.165) is 17.9 Å². The van der Waals surface area contributed by atoms with Crippen molar-refractivity contribution in [3.05, 3.63) is 48.5 Å². The molecule has 0 bridgehead atoms. The highest BCUT2D eigenvalue weighted by atomic mass is 32.1.